The summed E-state index contributed by atoms with van der Waals surface area (Å²) in [5, 5.41) is 3.92. The van der Waals surface area contributed by atoms with Crippen molar-refractivity contribution in [2.24, 2.45) is 0 Å². The Hall–Kier alpha value is -0.390. The SMILES string of the molecule is COCC(C)NC(=S)N(C)C(C)COC. The van der Waals surface area contributed by atoms with E-state index in [9.17, 15) is 0 Å². The lowest BCUT2D eigenvalue weighted by molar-refractivity contribution is 0.143. The molecule has 0 amide bonds. The maximum absolute atomic E-state index is 5.26. The summed E-state index contributed by atoms with van der Waals surface area (Å²) in [5.41, 5.74) is 0. The molecular formula is C10H22N2O2S. The van der Waals surface area contributed by atoms with Gasteiger partial charge in [-0.05, 0) is 26.1 Å². The molecule has 0 saturated heterocycles. The third-order valence-electron chi connectivity index (χ3n) is 2.18. The molecule has 0 aromatic heterocycles. The first-order chi connectivity index (χ1) is 7.02. The molecule has 0 heterocycles. The van der Waals surface area contributed by atoms with Crippen molar-refractivity contribution in [1.29, 1.82) is 0 Å². The maximum Gasteiger partial charge on any atom is 0.169 e. The molecule has 90 valence electrons. The molecule has 0 fully saturated rings. The Balaban J connectivity index is 3.97. The number of nitrogens with zero attached hydrogens (tertiary/aromatic N) is 1. The Bertz CT molecular complexity index is 190. The molecule has 0 radical (unpaired) electrons. The number of hydrogen-bond acceptors (Lipinski definition) is 3. The zero-order valence-corrected chi connectivity index (χ0v) is 11.1. The van der Waals surface area contributed by atoms with E-state index in [0.717, 1.165) is 5.11 Å². The zero-order chi connectivity index (χ0) is 11.8. The highest BCUT2D eigenvalue weighted by atomic mass is 32.1. The fraction of sp³-hybridized carbons (Fsp3) is 0.900. The minimum atomic E-state index is 0.222. The number of methoxy groups -OCH3 is 2. The topological polar surface area (TPSA) is 33.7 Å². The summed E-state index contributed by atoms with van der Waals surface area (Å²) in [6, 6.07) is 0.490. The predicted molar refractivity (Wildman–Crippen MR) is 66.2 cm³/mol. The van der Waals surface area contributed by atoms with Crippen molar-refractivity contribution in [2.75, 3.05) is 34.5 Å². The van der Waals surface area contributed by atoms with E-state index < -0.39 is 0 Å². The number of likely N-dealkylation sites (N-methyl/N-ethyl adjacent to an activating group) is 1. The Morgan fingerprint density at radius 2 is 1.80 bits per heavy atom. The van der Waals surface area contributed by atoms with Gasteiger partial charge in [0.05, 0.1) is 19.3 Å². The van der Waals surface area contributed by atoms with Crippen LogP contribution in [0.3, 0.4) is 0 Å². The average molecular weight is 234 g/mol. The van der Waals surface area contributed by atoms with E-state index in [2.05, 4.69) is 12.2 Å². The highest BCUT2D eigenvalue weighted by Crippen LogP contribution is 1.97. The number of nitrogens with one attached hydrogen (secondary N) is 1. The van der Waals surface area contributed by atoms with Crippen molar-refractivity contribution in [2.45, 2.75) is 25.9 Å². The van der Waals surface area contributed by atoms with Gasteiger partial charge in [-0.1, -0.05) is 0 Å². The fourth-order valence-electron chi connectivity index (χ4n) is 1.16. The summed E-state index contributed by atoms with van der Waals surface area (Å²) in [5.74, 6) is 0. The van der Waals surface area contributed by atoms with Crippen LogP contribution in [0.1, 0.15) is 13.8 Å². The summed E-state index contributed by atoms with van der Waals surface area (Å²) in [7, 11) is 5.32. The second kappa shape index (κ2) is 7.84. The summed E-state index contributed by atoms with van der Waals surface area (Å²) >= 11 is 5.26. The molecule has 0 aromatic rings. The van der Waals surface area contributed by atoms with Gasteiger partial charge in [0.2, 0.25) is 0 Å². The van der Waals surface area contributed by atoms with E-state index in [1.807, 2.05) is 18.9 Å². The summed E-state index contributed by atoms with van der Waals surface area (Å²) < 4.78 is 10.1. The Labute approximate surface area is 97.9 Å². The summed E-state index contributed by atoms with van der Waals surface area (Å²) in [6.45, 7) is 5.41. The van der Waals surface area contributed by atoms with E-state index in [1.54, 1.807) is 14.2 Å². The smallest absolute Gasteiger partial charge is 0.169 e. The van der Waals surface area contributed by atoms with Crippen molar-refractivity contribution >= 4 is 17.3 Å². The second-order valence-corrected chi connectivity index (χ2v) is 4.11. The van der Waals surface area contributed by atoms with Gasteiger partial charge >= 0.3 is 0 Å². The Kier molecular flexibility index (Phi) is 7.64. The van der Waals surface area contributed by atoms with Gasteiger partial charge in [0.15, 0.2) is 5.11 Å². The van der Waals surface area contributed by atoms with Gasteiger partial charge in [-0.3, -0.25) is 0 Å². The number of thiocarbonyl (C=S) groups is 1. The van der Waals surface area contributed by atoms with E-state index in [0.29, 0.717) is 13.2 Å². The monoisotopic (exact) mass is 234 g/mol. The van der Waals surface area contributed by atoms with E-state index in [4.69, 9.17) is 21.7 Å². The normalized spacial score (nSPS) is 14.5. The van der Waals surface area contributed by atoms with Crippen molar-refractivity contribution in [3.63, 3.8) is 0 Å². The molecule has 0 saturated carbocycles. The molecular weight excluding hydrogens is 212 g/mol. The largest absolute Gasteiger partial charge is 0.383 e. The summed E-state index contributed by atoms with van der Waals surface area (Å²) in [6.07, 6.45) is 0. The third-order valence-corrected chi connectivity index (χ3v) is 2.58. The van der Waals surface area contributed by atoms with Crippen LogP contribution < -0.4 is 5.32 Å². The van der Waals surface area contributed by atoms with Gasteiger partial charge in [0.25, 0.3) is 0 Å². The highest BCUT2D eigenvalue weighted by Gasteiger charge is 2.13. The van der Waals surface area contributed by atoms with Crippen molar-refractivity contribution in [3.05, 3.63) is 0 Å². The molecule has 15 heavy (non-hydrogen) atoms. The summed E-state index contributed by atoms with van der Waals surface area (Å²) in [4.78, 5) is 1.99. The first-order valence-electron chi connectivity index (χ1n) is 5.04. The number of rotatable bonds is 6. The fourth-order valence-corrected chi connectivity index (χ4v) is 1.54. The molecule has 5 heteroatoms. The van der Waals surface area contributed by atoms with E-state index in [-0.39, 0.29) is 12.1 Å². The van der Waals surface area contributed by atoms with Gasteiger partial charge in [0, 0.05) is 27.3 Å². The molecule has 0 aliphatic heterocycles. The van der Waals surface area contributed by atoms with Gasteiger partial charge in [-0.25, -0.2) is 0 Å². The van der Waals surface area contributed by atoms with Crippen LogP contribution in [0.2, 0.25) is 0 Å². The molecule has 0 bridgehead atoms. The van der Waals surface area contributed by atoms with Gasteiger partial charge in [0.1, 0.15) is 0 Å². The van der Waals surface area contributed by atoms with Crippen LogP contribution >= 0.6 is 12.2 Å². The first-order valence-corrected chi connectivity index (χ1v) is 5.45. The minimum Gasteiger partial charge on any atom is -0.383 e. The van der Waals surface area contributed by atoms with Crippen molar-refractivity contribution < 1.29 is 9.47 Å². The quantitative estimate of drug-likeness (QED) is 0.690. The Morgan fingerprint density at radius 1 is 1.27 bits per heavy atom. The van der Waals surface area contributed by atoms with Gasteiger partial charge < -0.3 is 19.7 Å². The van der Waals surface area contributed by atoms with Crippen LogP contribution in [0.15, 0.2) is 0 Å². The molecule has 2 unspecified atom stereocenters. The molecule has 0 aliphatic carbocycles. The Morgan fingerprint density at radius 3 is 2.27 bits per heavy atom. The van der Waals surface area contributed by atoms with Crippen LogP contribution in [0.5, 0.6) is 0 Å². The molecule has 0 spiro atoms. The van der Waals surface area contributed by atoms with Crippen LogP contribution in [-0.2, 0) is 9.47 Å². The molecule has 4 nitrogen and oxygen atoms in total. The van der Waals surface area contributed by atoms with Crippen molar-refractivity contribution in [3.8, 4) is 0 Å². The number of ether oxygens (including phenoxy) is 2. The molecule has 0 rings (SSSR count). The third kappa shape index (κ3) is 5.92. The number of hydrogen-bond donors (Lipinski definition) is 1. The highest BCUT2D eigenvalue weighted by molar-refractivity contribution is 7.80. The predicted octanol–water partition coefficient (Wildman–Crippen LogP) is 0.863. The minimum absolute atomic E-state index is 0.222. The van der Waals surface area contributed by atoms with Gasteiger partial charge in [-0.2, -0.15) is 0 Å². The van der Waals surface area contributed by atoms with Crippen molar-refractivity contribution in [1.82, 2.24) is 10.2 Å². The van der Waals surface area contributed by atoms with Crippen LogP contribution in [-0.4, -0.2) is 56.6 Å². The van der Waals surface area contributed by atoms with Crippen LogP contribution in [0, 0.1) is 0 Å². The van der Waals surface area contributed by atoms with Crippen LogP contribution in [0.25, 0.3) is 0 Å². The van der Waals surface area contributed by atoms with E-state index >= 15 is 0 Å². The lowest BCUT2D eigenvalue weighted by Gasteiger charge is -2.29. The standard InChI is InChI=1S/C10H22N2O2S/c1-8(6-13-4)11-10(15)12(3)9(2)7-14-5/h8-9H,6-7H2,1-5H3,(H,11,15). The van der Waals surface area contributed by atoms with Gasteiger partial charge in [-0.15, -0.1) is 0 Å². The molecule has 0 aromatic carbocycles. The molecule has 0 aliphatic rings. The molecule has 2 atom stereocenters. The average Bonchev–Trinajstić information content (AvgIpc) is 2.17. The lowest BCUT2D eigenvalue weighted by atomic mass is 10.3. The maximum atomic E-state index is 5.26. The lowest BCUT2D eigenvalue weighted by Crippen LogP contribution is -2.47. The van der Waals surface area contributed by atoms with Crippen LogP contribution in [0.4, 0.5) is 0 Å². The molecule has 1 N–H and O–H groups in total. The second-order valence-electron chi connectivity index (χ2n) is 3.72. The first kappa shape index (κ1) is 14.6. The zero-order valence-electron chi connectivity index (χ0n) is 10.2. The van der Waals surface area contributed by atoms with E-state index in [1.165, 1.54) is 0 Å².